The van der Waals surface area contributed by atoms with Crippen LogP contribution in [0.15, 0.2) is 35.1 Å². The molecule has 136 valence electrons. The molecule has 1 amide bonds. The van der Waals surface area contributed by atoms with Crippen LogP contribution in [-0.4, -0.2) is 28.3 Å². The second kappa shape index (κ2) is 7.51. The Morgan fingerprint density at radius 3 is 2.85 bits per heavy atom. The van der Waals surface area contributed by atoms with Gasteiger partial charge in [-0.3, -0.25) is 9.59 Å². The number of ether oxygens (including phenoxy) is 1. The average molecular weight is 355 g/mol. The number of anilines is 1. The van der Waals surface area contributed by atoms with Crippen LogP contribution in [0.25, 0.3) is 0 Å². The maximum Gasteiger partial charge on any atom is 0.340 e. The van der Waals surface area contributed by atoms with Gasteiger partial charge in [-0.25, -0.2) is 9.48 Å². The summed E-state index contributed by atoms with van der Waals surface area (Å²) < 4.78 is 6.21. The van der Waals surface area contributed by atoms with E-state index in [-0.39, 0.29) is 17.7 Å². The highest BCUT2D eigenvalue weighted by molar-refractivity contribution is 6.02. The number of nitrogens with one attached hydrogen (secondary N) is 1. The fourth-order valence-electron chi connectivity index (χ4n) is 3.02. The molecule has 7 nitrogen and oxygen atoms in total. The monoisotopic (exact) mass is 355 g/mol. The lowest BCUT2D eigenvalue weighted by atomic mass is 10.1. The zero-order valence-electron chi connectivity index (χ0n) is 14.8. The molecule has 1 unspecified atom stereocenters. The van der Waals surface area contributed by atoms with Crippen molar-refractivity contribution in [3.05, 3.63) is 57.5 Å². The molecule has 2 aromatic rings. The van der Waals surface area contributed by atoms with E-state index >= 15 is 0 Å². The molecule has 0 spiro atoms. The molecule has 1 atom stereocenters. The SMILES string of the molecule is CCOC(=O)c1ccccc1NC(=O)C(C)n1nc2c(cc1=O)CCC2. The molecule has 1 aromatic heterocycles. The Kier molecular flexibility index (Phi) is 5.16. The van der Waals surface area contributed by atoms with Gasteiger partial charge in [0, 0.05) is 6.07 Å². The van der Waals surface area contributed by atoms with E-state index in [0.717, 1.165) is 30.5 Å². The van der Waals surface area contributed by atoms with Crippen LogP contribution in [0, 0.1) is 0 Å². The number of hydrogen-bond acceptors (Lipinski definition) is 5. The first-order valence-electron chi connectivity index (χ1n) is 8.70. The number of aryl methyl sites for hydroxylation is 2. The molecule has 1 aliphatic carbocycles. The van der Waals surface area contributed by atoms with E-state index in [9.17, 15) is 14.4 Å². The van der Waals surface area contributed by atoms with E-state index in [0.29, 0.717) is 5.69 Å². The highest BCUT2D eigenvalue weighted by Crippen LogP contribution is 2.20. The summed E-state index contributed by atoms with van der Waals surface area (Å²) in [6.07, 6.45) is 2.64. The topological polar surface area (TPSA) is 90.3 Å². The summed E-state index contributed by atoms with van der Waals surface area (Å²) in [6.45, 7) is 3.57. The van der Waals surface area contributed by atoms with Crippen molar-refractivity contribution in [1.82, 2.24) is 9.78 Å². The predicted molar refractivity (Wildman–Crippen MR) is 96.3 cm³/mol. The van der Waals surface area contributed by atoms with E-state index in [2.05, 4.69) is 10.4 Å². The van der Waals surface area contributed by atoms with Crippen LogP contribution in [0.5, 0.6) is 0 Å². The molecule has 0 saturated carbocycles. The number of carbonyl (C=O) groups excluding carboxylic acids is 2. The molecule has 1 aliphatic rings. The first-order valence-corrected chi connectivity index (χ1v) is 8.70. The van der Waals surface area contributed by atoms with E-state index < -0.39 is 17.9 Å². The normalized spacial score (nSPS) is 13.8. The average Bonchev–Trinajstić information content (AvgIpc) is 3.08. The Hall–Kier alpha value is -2.96. The van der Waals surface area contributed by atoms with Crippen molar-refractivity contribution in [2.45, 2.75) is 39.2 Å². The van der Waals surface area contributed by atoms with E-state index in [4.69, 9.17) is 4.74 Å². The molecule has 1 heterocycles. The number of carbonyl (C=O) groups is 2. The third-order valence-corrected chi connectivity index (χ3v) is 4.41. The lowest BCUT2D eigenvalue weighted by Crippen LogP contribution is -2.34. The second-order valence-electron chi connectivity index (χ2n) is 6.18. The summed E-state index contributed by atoms with van der Waals surface area (Å²) in [5, 5.41) is 7.06. The number of hydrogen-bond donors (Lipinski definition) is 1. The maximum absolute atomic E-state index is 12.6. The molecular weight excluding hydrogens is 334 g/mol. The molecule has 7 heteroatoms. The largest absolute Gasteiger partial charge is 0.462 e. The number of fused-ring (bicyclic) bond motifs is 1. The molecule has 1 aromatic carbocycles. The number of nitrogens with zero attached hydrogens (tertiary/aromatic N) is 2. The number of amides is 1. The van der Waals surface area contributed by atoms with Gasteiger partial charge in [-0.2, -0.15) is 5.10 Å². The highest BCUT2D eigenvalue weighted by Gasteiger charge is 2.23. The van der Waals surface area contributed by atoms with Gasteiger partial charge in [-0.1, -0.05) is 12.1 Å². The van der Waals surface area contributed by atoms with E-state index in [1.165, 1.54) is 4.68 Å². The van der Waals surface area contributed by atoms with Crippen LogP contribution in [0.1, 0.15) is 47.9 Å². The summed E-state index contributed by atoms with van der Waals surface area (Å²) in [5.41, 5.74) is 2.15. The standard InChI is InChI=1S/C19H21N3O4/c1-3-26-19(25)14-8-4-5-9-16(14)20-18(24)12(2)22-17(23)11-13-7-6-10-15(13)21-22/h4-5,8-9,11-12H,3,6-7,10H2,1-2H3,(H,20,24). The van der Waals surface area contributed by atoms with Crippen LogP contribution in [0.3, 0.4) is 0 Å². The summed E-state index contributed by atoms with van der Waals surface area (Å²) in [5.74, 6) is -0.932. The van der Waals surface area contributed by atoms with Crippen LogP contribution >= 0.6 is 0 Å². The molecule has 0 fully saturated rings. The van der Waals surface area contributed by atoms with Gasteiger partial charge >= 0.3 is 5.97 Å². The van der Waals surface area contributed by atoms with Gasteiger partial charge in [0.1, 0.15) is 6.04 Å². The molecule has 26 heavy (non-hydrogen) atoms. The van der Waals surface area contributed by atoms with Crippen molar-refractivity contribution in [1.29, 1.82) is 0 Å². The molecule has 0 bridgehead atoms. The van der Waals surface area contributed by atoms with E-state index in [1.807, 2.05) is 0 Å². The number of benzene rings is 1. The number of esters is 1. The fraction of sp³-hybridized carbons (Fsp3) is 0.368. The van der Waals surface area contributed by atoms with Gasteiger partial charge < -0.3 is 10.1 Å². The highest BCUT2D eigenvalue weighted by atomic mass is 16.5. The van der Waals surface area contributed by atoms with Crippen LogP contribution in [0.2, 0.25) is 0 Å². The second-order valence-corrected chi connectivity index (χ2v) is 6.18. The predicted octanol–water partition coefficient (Wildman–Crippen LogP) is 2.11. The fourth-order valence-corrected chi connectivity index (χ4v) is 3.02. The lowest BCUT2D eigenvalue weighted by molar-refractivity contribution is -0.119. The zero-order valence-corrected chi connectivity index (χ0v) is 14.8. The molecule has 3 rings (SSSR count). The summed E-state index contributed by atoms with van der Waals surface area (Å²) in [4.78, 5) is 36.9. The third kappa shape index (κ3) is 3.51. The number of para-hydroxylation sites is 1. The maximum atomic E-state index is 12.6. The smallest absolute Gasteiger partial charge is 0.340 e. The molecule has 0 radical (unpaired) electrons. The van der Waals surface area contributed by atoms with Crippen molar-refractivity contribution in [3.8, 4) is 0 Å². The Morgan fingerprint density at radius 1 is 1.31 bits per heavy atom. The minimum Gasteiger partial charge on any atom is -0.462 e. The minimum absolute atomic E-state index is 0.242. The van der Waals surface area contributed by atoms with Crippen molar-refractivity contribution in [2.75, 3.05) is 11.9 Å². The van der Waals surface area contributed by atoms with Crippen molar-refractivity contribution in [2.24, 2.45) is 0 Å². The minimum atomic E-state index is -0.802. The van der Waals surface area contributed by atoms with Crippen LogP contribution < -0.4 is 10.9 Å². The number of rotatable bonds is 5. The van der Waals surface area contributed by atoms with Gasteiger partial charge in [0.2, 0.25) is 5.91 Å². The Balaban J connectivity index is 1.83. The third-order valence-electron chi connectivity index (χ3n) is 4.41. The summed E-state index contributed by atoms with van der Waals surface area (Å²) >= 11 is 0. The van der Waals surface area contributed by atoms with Gasteiger partial charge in [-0.15, -0.1) is 0 Å². The van der Waals surface area contributed by atoms with Crippen LogP contribution in [0.4, 0.5) is 5.69 Å². The van der Waals surface area contributed by atoms with Crippen LogP contribution in [-0.2, 0) is 22.4 Å². The van der Waals surface area contributed by atoms with E-state index in [1.54, 1.807) is 44.2 Å². The Labute approximate surface area is 151 Å². The first kappa shape index (κ1) is 17.8. The Bertz CT molecular complexity index is 904. The van der Waals surface area contributed by atoms with Gasteiger partial charge in [0.25, 0.3) is 5.56 Å². The molecule has 1 N–H and O–H groups in total. The van der Waals surface area contributed by atoms with Crippen molar-refractivity contribution in [3.63, 3.8) is 0 Å². The van der Waals surface area contributed by atoms with Gasteiger partial charge in [0.05, 0.1) is 23.6 Å². The molecule has 0 aliphatic heterocycles. The van der Waals surface area contributed by atoms with Crippen molar-refractivity contribution >= 4 is 17.6 Å². The molecular formula is C19H21N3O4. The Morgan fingerprint density at radius 2 is 2.08 bits per heavy atom. The number of aromatic nitrogens is 2. The quantitative estimate of drug-likeness (QED) is 0.830. The van der Waals surface area contributed by atoms with Crippen molar-refractivity contribution < 1.29 is 14.3 Å². The zero-order chi connectivity index (χ0) is 18.7. The summed E-state index contributed by atoms with van der Waals surface area (Å²) in [7, 11) is 0. The molecule has 0 saturated heterocycles. The lowest BCUT2D eigenvalue weighted by Gasteiger charge is -2.16. The summed E-state index contributed by atoms with van der Waals surface area (Å²) in [6, 6.07) is 7.36. The van der Waals surface area contributed by atoms with Gasteiger partial charge in [-0.05, 0) is 50.8 Å². The first-order chi connectivity index (χ1) is 12.5. The van der Waals surface area contributed by atoms with Gasteiger partial charge in [0.15, 0.2) is 0 Å².